The number of carbonyl (C=O) groups excluding carboxylic acids is 2. The molecule has 1 aliphatic rings. The summed E-state index contributed by atoms with van der Waals surface area (Å²) < 4.78 is 1.68. The average Bonchev–Trinajstić information content (AvgIpc) is 2.88. The SMILES string of the molecule is CN1Sc2ccsc2C(=O)C1C(=O)Nc1cccnc1. The largest absolute Gasteiger partial charge is 0.323 e. The molecule has 20 heavy (non-hydrogen) atoms. The van der Waals surface area contributed by atoms with Crippen LogP contribution in [0.4, 0.5) is 5.69 Å². The number of ketones is 1. The number of anilines is 1. The van der Waals surface area contributed by atoms with Gasteiger partial charge in [-0.3, -0.25) is 14.6 Å². The fourth-order valence-corrected chi connectivity index (χ4v) is 3.99. The van der Waals surface area contributed by atoms with E-state index in [0.717, 1.165) is 4.90 Å². The molecule has 2 aromatic rings. The summed E-state index contributed by atoms with van der Waals surface area (Å²) in [6.07, 6.45) is 3.18. The van der Waals surface area contributed by atoms with Crippen molar-refractivity contribution in [1.82, 2.24) is 9.29 Å². The molecule has 1 N–H and O–H groups in total. The van der Waals surface area contributed by atoms with E-state index in [1.54, 1.807) is 35.9 Å². The first-order chi connectivity index (χ1) is 9.66. The molecule has 1 amide bonds. The van der Waals surface area contributed by atoms with Crippen molar-refractivity contribution in [3.05, 3.63) is 40.8 Å². The number of Topliss-reactive ketones (excluding diaryl/α,β-unsaturated/α-hetero) is 1. The van der Waals surface area contributed by atoms with Crippen LogP contribution in [0.15, 0.2) is 40.9 Å². The Hall–Kier alpha value is -1.70. The number of nitrogens with zero attached hydrogens (tertiary/aromatic N) is 2. The third kappa shape index (κ3) is 2.35. The normalized spacial score (nSPS) is 18.6. The fourth-order valence-electron chi connectivity index (χ4n) is 1.98. The average molecular weight is 305 g/mol. The second-order valence-electron chi connectivity index (χ2n) is 4.25. The molecule has 0 aliphatic carbocycles. The minimum absolute atomic E-state index is 0.155. The van der Waals surface area contributed by atoms with E-state index in [1.165, 1.54) is 23.3 Å². The molecule has 2 aromatic heterocycles. The highest BCUT2D eigenvalue weighted by molar-refractivity contribution is 7.97. The smallest absolute Gasteiger partial charge is 0.250 e. The molecule has 0 saturated heterocycles. The molecular formula is C13H11N3O2S2. The van der Waals surface area contributed by atoms with E-state index < -0.39 is 6.04 Å². The van der Waals surface area contributed by atoms with E-state index in [0.29, 0.717) is 10.6 Å². The molecule has 0 aromatic carbocycles. The number of aromatic nitrogens is 1. The van der Waals surface area contributed by atoms with Crippen molar-refractivity contribution in [3.63, 3.8) is 0 Å². The Morgan fingerprint density at radius 2 is 2.30 bits per heavy atom. The first-order valence-corrected chi connectivity index (χ1v) is 7.55. The van der Waals surface area contributed by atoms with Gasteiger partial charge in [-0.2, -0.15) is 0 Å². The van der Waals surface area contributed by atoms with Gasteiger partial charge in [-0.25, -0.2) is 4.31 Å². The van der Waals surface area contributed by atoms with Gasteiger partial charge >= 0.3 is 0 Å². The van der Waals surface area contributed by atoms with Gasteiger partial charge in [0.15, 0.2) is 6.04 Å². The van der Waals surface area contributed by atoms with E-state index in [2.05, 4.69) is 10.3 Å². The third-order valence-corrected chi connectivity index (χ3v) is 4.98. The van der Waals surface area contributed by atoms with Crippen molar-refractivity contribution in [2.75, 3.05) is 12.4 Å². The topological polar surface area (TPSA) is 62.3 Å². The quantitative estimate of drug-likeness (QED) is 0.681. The first-order valence-electron chi connectivity index (χ1n) is 5.90. The van der Waals surface area contributed by atoms with E-state index in [-0.39, 0.29) is 11.7 Å². The number of nitrogens with one attached hydrogen (secondary N) is 1. The van der Waals surface area contributed by atoms with Crippen LogP contribution in [-0.2, 0) is 4.79 Å². The summed E-state index contributed by atoms with van der Waals surface area (Å²) in [7, 11) is 1.75. The summed E-state index contributed by atoms with van der Waals surface area (Å²) >= 11 is 2.79. The van der Waals surface area contributed by atoms with Crippen LogP contribution >= 0.6 is 23.3 Å². The van der Waals surface area contributed by atoms with Gasteiger partial charge in [0.2, 0.25) is 5.78 Å². The number of hydrogen-bond acceptors (Lipinski definition) is 6. The summed E-state index contributed by atoms with van der Waals surface area (Å²) in [4.78, 5) is 30.2. The van der Waals surface area contributed by atoms with Gasteiger partial charge in [-0.15, -0.1) is 11.3 Å². The molecule has 102 valence electrons. The van der Waals surface area contributed by atoms with Crippen molar-refractivity contribution in [2.45, 2.75) is 10.9 Å². The minimum atomic E-state index is -0.814. The van der Waals surface area contributed by atoms with Gasteiger partial charge in [-0.1, -0.05) is 0 Å². The number of rotatable bonds is 2. The predicted octanol–water partition coefficient (Wildman–Crippen LogP) is 2.29. The maximum absolute atomic E-state index is 12.4. The number of likely N-dealkylation sites (N-methyl/N-ethyl adjacent to an activating group) is 1. The Morgan fingerprint density at radius 1 is 1.45 bits per heavy atom. The van der Waals surface area contributed by atoms with Crippen molar-refractivity contribution < 1.29 is 9.59 Å². The molecule has 3 rings (SSSR count). The molecular weight excluding hydrogens is 294 g/mol. The number of amides is 1. The molecule has 5 nitrogen and oxygen atoms in total. The molecule has 1 aliphatic heterocycles. The van der Waals surface area contributed by atoms with Gasteiger partial charge < -0.3 is 5.32 Å². The zero-order valence-corrected chi connectivity index (χ0v) is 12.2. The molecule has 3 heterocycles. The zero-order valence-electron chi connectivity index (χ0n) is 10.6. The lowest BCUT2D eigenvalue weighted by molar-refractivity contribution is -0.118. The minimum Gasteiger partial charge on any atom is -0.323 e. The number of carbonyl (C=O) groups is 2. The number of pyridine rings is 1. The van der Waals surface area contributed by atoms with Gasteiger partial charge in [0, 0.05) is 11.1 Å². The van der Waals surface area contributed by atoms with Gasteiger partial charge in [0.1, 0.15) is 0 Å². The highest BCUT2D eigenvalue weighted by Gasteiger charge is 2.38. The summed E-state index contributed by atoms with van der Waals surface area (Å²) in [5.41, 5.74) is 0.584. The third-order valence-electron chi connectivity index (χ3n) is 2.88. The highest BCUT2D eigenvalue weighted by atomic mass is 32.2. The lowest BCUT2D eigenvalue weighted by Crippen LogP contribution is -2.46. The van der Waals surface area contributed by atoms with Crippen molar-refractivity contribution >= 4 is 40.7 Å². The summed E-state index contributed by atoms with van der Waals surface area (Å²) in [6.45, 7) is 0. The van der Waals surface area contributed by atoms with E-state index in [1.807, 2.05) is 11.4 Å². The monoisotopic (exact) mass is 305 g/mol. The molecule has 7 heteroatoms. The summed E-state index contributed by atoms with van der Waals surface area (Å²) in [6, 6.07) is 4.55. The van der Waals surface area contributed by atoms with Gasteiger partial charge in [0.25, 0.3) is 5.91 Å². The van der Waals surface area contributed by atoms with Gasteiger partial charge in [0.05, 0.1) is 16.8 Å². The Labute approximate surface area is 124 Å². The number of hydrogen-bond donors (Lipinski definition) is 1. The molecule has 0 fully saturated rings. The Bertz CT molecular complexity index is 657. The van der Waals surface area contributed by atoms with Crippen LogP contribution in [0.5, 0.6) is 0 Å². The Kier molecular flexibility index (Phi) is 3.56. The van der Waals surface area contributed by atoms with Crippen molar-refractivity contribution in [2.24, 2.45) is 0 Å². The first kappa shape index (κ1) is 13.3. The molecule has 1 unspecified atom stereocenters. The van der Waals surface area contributed by atoms with Crippen LogP contribution in [0.2, 0.25) is 0 Å². The molecule has 1 atom stereocenters. The van der Waals surface area contributed by atoms with E-state index in [4.69, 9.17) is 0 Å². The number of fused-ring (bicyclic) bond motifs is 1. The lowest BCUT2D eigenvalue weighted by Gasteiger charge is -2.28. The second kappa shape index (κ2) is 5.35. The van der Waals surface area contributed by atoms with Crippen LogP contribution in [0.25, 0.3) is 0 Å². The highest BCUT2D eigenvalue weighted by Crippen LogP contribution is 2.37. The zero-order chi connectivity index (χ0) is 14.1. The molecule has 0 saturated carbocycles. The molecule has 0 spiro atoms. The number of thiophene rings is 1. The van der Waals surface area contributed by atoms with Gasteiger partial charge in [-0.05, 0) is 42.6 Å². The fraction of sp³-hybridized carbons (Fsp3) is 0.154. The van der Waals surface area contributed by atoms with E-state index in [9.17, 15) is 9.59 Å². The molecule has 0 bridgehead atoms. The molecule has 0 radical (unpaired) electrons. The van der Waals surface area contributed by atoms with Crippen molar-refractivity contribution in [1.29, 1.82) is 0 Å². The Balaban J connectivity index is 1.83. The van der Waals surface area contributed by atoms with Crippen LogP contribution in [0, 0.1) is 0 Å². The Morgan fingerprint density at radius 3 is 3.05 bits per heavy atom. The predicted molar refractivity (Wildman–Crippen MR) is 78.9 cm³/mol. The van der Waals surface area contributed by atoms with Crippen LogP contribution < -0.4 is 5.32 Å². The van der Waals surface area contributed by atoms with Crippen LogP contribution in [-0.4, -0.2) is 34.1 Å². The van der Waals surface area contributed by atoms with Crippen LogP contribution in [0.1, 0.15) is 9.67 Å². The van der Waals surface area contributed by atoms with Crippen molar-refractivity contribution in [3.8, 4) is 0 Å². The van der Waals surface area contributed by atoms with E-state index >= 15 is 0 Å². The second-order valence-corrected chi connectivity index (χ2v) is 6.36. The summed E-state index contributed by atoms with van der Waals surface area (Å²) in [5.74, 6) is -0.491. The lowest BCUT2D eigenvalue weighted by atomic mass is 10.1. The summed E-state index contributed by atoms with van der Waals surface area (Å²) in [5, 5.41) is 4.59. The standard InChI is InChI=1S/C13H11N3O2S2/c1-16-10(11(17)12-9(20-16)4-6-19-12)13(18)15-8-3-2-5-14-7-8/h2-7,10H,1H3,(H,15,18). The van der Waals surface area contributed by atoms with Crippen LogP contribution in [0.3, 0.4) is 0 Å². The maximum Gasteiger partial charge on any atom is 0.250 e. The maximum atomic E-state index is 12.4.